The number of carbonyl (C=O) groups is 1. The predicted molar refractivity (Wildman–Crippen MR) is 95.7 cm³/mol. The van der Waals surface area contributed by atoms with Gasteiger partial charge in [-0.2, -0.15) is 15.1 Å². The van der Waals surface area contributed by atoms with Gasteiger partial charge < -0.3 is 20.5 Å². The molecule has 28 heavy (non-hydrogen) atoms. The lowest BCUT2D eigenvalue weighted by Crippen LogP contribution is -2.24. The molecule has 142 valence electrons. The number of aliphatic hydroxyl groups is 1. The molecule has 0 fully saturated rings. The summed E-state index contributed by atoms with van der Waals surface area (Å²) in [4.78, 5) is 23.6. The summed E-state index contributed by atoms with van der Waals surface area (Å²) >= 11 is 0. The molecule has 4 aromatic rings. The molecule has 1 aromatic carbocycles. The minimum atomic E-state index is -1.57. The number of hydrogen-bond acceptors (Lipinski definition) is 9. The van der Waals surface area contributed by atoms with Crippen molar-refractivity contribution in [3.63, 3.8) is 0 Å². The summed E-state index contributed by atoms with van der Waals surface area (Å²) in [6, 6.07) is 6.28. The molecule has 0 aliphatic rings. The third kappa shape index (κ3) is 2.74. The summed E-state index contributed by atoms with van der Waals surface area (Å²) in [6.45, 7) is 3.13. The number of hydrogen-bond donors (Lipinski definition) is 3. The molecule has 4 N–H and O–H groups in total. The summed E-state index contributed by atoms with van der Waals surface area (Å²) in [5.41, 5.74) is 4.73. The third-order valence-electron chi connectivity index (χ3n) is 4.29. The second-order valence-corrected chi connectivity index (χ2v) is 6.28. The lowest BCUT2D eigenvalue weighted by Gasteiger charge is -2.19. The van der Waals surface area contributed by atoms with Crippen LogP contribution in [0.5, 0.6) is 0 Å². The van der Waals surface area contributed by atoms with E-state index in [1.165, 1.54) is 17.8 Å². The summed E-state index contributed by atoms with van der Waals surface area (Å²) in [5.74, 6) is -0.495. The van der Waals surface area contributed by atoms with E-state index in [0.29, 0.717) is 22.4 Å². The molecule has 11 heteroatoms. The maximum absolute atomic E-state index is 11.6. The van der Waals surface area contributed by atoms with Crippen molar-refractivity contribution in [1.29, 1.82) is 0 Å². The summed E-state index contributed by atoms with van der Waals surface area (Å²) in [6.07, 6.45) is 1.44. The second kappa shape index (κ2) is 6.09. The van der Waals surface area contributed by atoms with Gasteiger partial charge in [0, 0.05) is 24.6 Å². The lowest BCUT2D eigenvalue weighted by atomic mass is 9.94. The number of fused-ring (bicyclic) bond motifs is 1. The van der Waals surface area contributed by atoms with E-state index >= 15 is 0 Å². The van der Waals surface area contributed by atoms with Crippen molar-refractivity contribution in [2.24, 2.45) is 0 Å². The monoisotopic (exact) mass is 381 g/mol. The van der Waals surface area contributed by atoms with Gasteiger partial charge in [0.05, 0.1) is 5.52 Å². The van der Waals surface area contributed by atoms with Crippen molar-refractivity contribution in [2.75, 3.05) is 5.73 Å². The lowest BCUT2D eigenvalue weighted by molar-refractivity contribution is 0.0692. The number of anilines is 1. The van der Waals surface area contributed by atoms with Gasteiger partial charge >= 0.3 is 5.97 Å². The Morgan fingerprint density at radius 1 is 1.29 bits per heavy atom. The molecule has 0 bridgehead atoms. The van der Waals surface area contributed by atoms with Gasteiger partial charge in [-0.1, -0.05) is 11.2 Å². The van der Waals surface area contributed by atoms with Crippen LogP contribution in [0.2, 0.25) is 0 Å². The van der Waals surface area contributed by atoms with Crippen LogP contribution in [0, 0.1) is 6.92 Å². The Morgan fingerprint density at radius 2 is 2.07 bits per heavy atom. The quantitative estimate of drug-likeness (QED) is 0.465. The van der Waals surface area contributed by atoms with E-state index in [1.807, 2.05) is 0 Å². The number of nitrogens with two attached hydrogens (primary N) is 1. The van der Waals surface area contributed by atoms with Gasteiger partial charge in [0.25, 0.3) is 0 Å². The van der Waals surface area contributed by atoms with Crippen LogP contribution >= 0.6 is 0 Å². The van der Waals surface area contributed by atoms with Crippen LogP contribution in [-0.2, 0) is 5.60 Å². The van der Waals surface area contributed by atoms with Gasteiger partial charge in [-0.15, -0.1) is 0 Å². The van der Waals surface area contributed by atoms with E-state index in [9.17, 15) is 15.0 Å². The van der Waals surface area contributed by atoms with Crippen LogP contribution in [0.25, 0.3) is 16.7 Å². The molecule has 3 heterocycles. The highest BCUT2D eigenvalue weighted by Gasteiger charge is 2.32. The number of carboxylic acids is 1. The summed E-state index contributed by atoms with van der Waals surface area (Å²) in [7, 11) is 0. The molecule has 0 amide bonds. The highest BCUT2D eigenvalue weighted by Crippen LogP contribution is 2.31. The zero-order valence-corrected chi connectivity index (χ0v) is 14.9. The fraction of sp³-hybridized carbons (Fsp3) is 0.176. The van der Waals surface area contributed by atoms with Crippen LogP contribution in [0.3, 0.4) is 0 Å². The number of aryl methyl sites for hydroxylation is 1. The predicted octanol–water partition coefficient (Wildman–Crippen LogP) is 1.04. The molecule has 4 rings (SSSR count). The number of benzene rings is 1. The van der Waals surface area contributed by atoms with Crippen molar-refractivity contribution in [2.45, 2.75) is 19.4 Å². The fourth-order valence-electron chi connectivity index (χ4n) is 2.86. The van der Waals surface area contributed by atoms with Crippen LogP contribution in [-0.4, -0.2) is 46.1 Å². The minimum Gasteiger partial charge on any atom is -0.476 e. The second-order valence-electron chi connectivity index (χ2n) is 6.28. The van der Waals surface area contributed by atoms with Gasteiger partial charge in [0.1, 0.15) is 5.60 Å². The Bertz CT molecular complexity index is 1210. The minimum absolute atomic E-state index is 0.0171. The maximum Gasteiger partial charge on any atom is 0.357 e. The number of aromatic carboxylic acids is 1. The van der Waals surface area contributed by atoms with Crippen molar-refractivity contribution < 1.29 is 19.5 Å². The average molecular weight is 381 g/mol. The molecule has 0 aliphatic carbocycles. The van der Waals surface area contributed by atoms with Crippen LogP contribution in [0.1, 0.15) is 34.7 Å². The highest BCUT2D eigenvalue weighted by molar-refractivity contribution is 6.01. The molecule has 3 aromatic heterocycles. The molecule has 0 aliphatic heterocycles. The van der Waals surface area contributed by atoms with E-state index in [4.69, 9.17) is 10.3 Å². The van der Waals surface area contributed by atoms with Gasteiger partial charge in [0.15, 0.2) is 11.5 Å². The third-order valence-corrected chi connectivity index (χ3v) is 4.29. The number of nitrogen functional groups attached to an aromatic ring is 1. The Balaban J connectivity index is 1.95. The van der Waals surface area contributed by atoms with E-state index < -0.39 is 11.6 Å². The number of carboxylic acid groups (broad SMARTS) is 1. The van der Waals surface area contributed by atoms with Gasteiger partial charge in [-0.05, 0) is 24.6 Å². The smallest absolute Gasteiger partial charge is 0.357 e. The van der Waals surface area contributed by atoms with Crippen LogP contribution < -0.4 is 5.73 Å². The van der Waals surface area contributed by atoms with E-state index in [-0.39, 0.29) is 23.3 Å². The normalized spacial score (nSPS) is 13.5. The summed E-state index contributed by atoms with van der Waals surface area (Å²) < 4.78 is 6.29. The zero-order valence-electron chi connectivity index (χ0n) is 14.9. The topological polar surface area (TPSA) is 166 Å². The zero-order chi connectivity index (χ0) is 20.1. The van der Waals surface area contributed by atoms with E-state index in [1.54, 1.807) is 31.2 Å². The Kier molecular flexibility index (Phi) is 3.82. The average Bonchev–Trinajstić information content (AvgIpc) is 3.25. The SMILES string of the molecule is Cc1nc([C@](C)(O)c2ccc3c(C(=O)O)nn(-c4ccnc(N)n4)c3c2)no1. The molecule has 1 atom stereocenters. The molecule has 0 spiro atoms. The van der Waals surface area contributed by atoms with Crippen molar-refractivity contribution in [1.82, 2.24) is 29.9 Å². The first-order valence-electron chi connectivity index (χ1n) is 8.16. The first kappa shape index (κ1) is 17.5. The summed E-state index contributed by atoms with van der Waals surface area (Å²) in [5, 5.41) is 28.8. The van der Waals surface area contributed by atoms with Gasteiger partial charge in [0.2, 0.25) is 17.7 Å². The van der Waals surface area contributed by atoms with Crippen molar-refractivity contribution in [3.8, 4) is 5.82 Å². The largest absolute Gasteiger partial charge is 0.476 e. The molecule has 0 saturated carbocycles. The number of aromatic nitrogens is 6. The first-order chi connectivity index (χ1) is 13.3. The van der Waals surface area contributed by atoms with Gasteiger partial charge in [-0.25, -0.2) is 14.5 Å². The van der Waals surface area contributed by atoms with Crippen LogP contribution in [0.4, 0.5) is 5.95 Å². The number of nitrogens with zero attached hydrogens (tertiary/aromatic N) is 6. The molecule has 0 radical (unpaired) electrons. The molecule has 11 nitrogen and oxygen atoms in total. The van der Waals surface area contributed by atoms with Crippen LogP contribution in [0.15, 0.2) is 35.0 Å². The van der Waals surface area contributed by atoms with Crippen molar-refractivity contribution >= 4 is 22.8 Å². The Hall–Kier alpha value is -3.86. The molecular weight excluding hydrogens is 366 g/mol. The van der Waals surface area contributed by atoms with E-state index in [0.717, 1.165) is 0 Å². The molecular formula is C17H15N7O4. The van der Waals surface area contributed by atoms with E-state index in [2.05, 4.69) is 25.2 Å². The first-order valence-corrected chi connectivity index (χ1v) is 8.16. The van der Waals surface area contributed by atoms with Crippen molar-refractivity contribution in [3.05, 3.63) is 53.4 Å². The fourth-order valence-corrected chi connectivity index (χ4v) is 2.86. The Morgan fingerprint density at radius 3 is 2.71 bits per heavy atom. The molecule has 0 saturated heterocycles. The van der Waals surface area contributed by atoms with Gasteiger partial charge in [-0.3, -0.25) is 0 Å². The number of rotatable bonds is 4. The molecule has 0 unspecified atom stereocenters. The maximum atomic E-state index is 11.6. The highest BCUT2D eigenvalue weighted by atomic mass is 16.5. The standard InChI is InChI=1S/C17H15N7O4/c1-8-20-15(23-28-8)17(2,27)9-3-4-10-11(7-9)24(22-13(10)14(25)26)12-5-6-19-16(18)21-12/h3-7,27H,1-2H3,(H,25,26)(H2,18,19,21)/t17-/m1/s1. The Labute approximate surface area is 157 Å².